The summed E-state index contributed by atoms with van der Waals surface area (Å²) in [5, 5.41) is 3.41. The molecule has 0 saturated carbocycles. The smallest absolute Gasteiger partial charge is 0.141 e. The van der Waals surface area contributed by atoms with Crippen molar-refractivity contribution < 1.29 is 4.39 Å². The summed E-state index contributed by atoms with van der Waals surface area (Å²) in [6.07, 6.45) is 10.4. The average molecular weight is 252 g/mol. The molecule has 0 radical (unpaired) electrons. The highest BCUT2D eigenvalue weighted by atomic mass is 19.1. The summed E-state index contributed by atoms with van der Waals surface area (Å²) in [7, 11) is 0. The van der Waals surface area contributed by atoms with Crippen LogP contribution < -0.4 is 5.32 Å². The second-order valence-corrected chi connectivity index (χ2v) is 4.75. The quantitative estimate of drug-likeness (QED) is 0.665. The zero-order chi connectivity index (χ0) is 13.2. The van der Waals surface area contributed by atoms with E-state index in [2.05, 4.69) is 24.1 Å². The molecule has 2 nitrogen and oxygen atoms in total. The van der Waals surface area contributed by atoms with Gasteiger partial charge in [0.05, 0.1) is 6.20 Å². The molecule has 1 atom stereocenters. The lowest BCUT2D eigenvalue weighted by Crippen LogP contribution is -2.21. The van der Waals surface area contributed by atoms with E-state index in [9.17, 15) is 4.39 Å². The molecule has 0 aliphatic rings. The maximum Gasteiger partial charge on any atom is 0.141 e. The van der Waals surface area contributed by atoms with Crippen LogP contribution in [0.3, 0.4) is 0 Å². The molecular formula is C15H25FN2. The van der Waals surface area contributed by atoms with Crippen molar-refractivity contribution in [1.29, 1.82) is 0 Å². The van der Waals surface area contributed by atoms with Crippen LogP contribution in [0.5, 0.6) is 0 Å². The number of rotatable bonds is 9. The minimum atomic E-state index is -0.249. The molecule has 0 aliphatic heterocycles. The first-order valence-electron chi connectivity index (χ1n) is 7.11. The van der Waals surface area contributed by atoms with Gasteiger partial charge in [-0.15, -0.1) is 0 Å². The molecular weight excluding hydrogens is 227 g/mol. The Labute approximate surface area is 110 Å². The van der Waals surface area contributed by atoms with Crippen molar-refractivity contribution in [2.45, 2.75) is 58.4 Å². The second kappa shape index (κ2) is 9.03. The van der Waals surface area contributed by atoms with Gasteiger partial charge in [0.25, 0.3) is 0 Å². The van der Waals surface area contributed by atoms with E-state index >= 15 is 0 Å². The van der Waals surface area contributed by atoms with Crippen molar-refractivity contribution in [2.24, 2.45) is 0 Å². The third-order valence-electron chi connectivity index (χ3n) is 3.18. The molecule has 3 heteroatoms. The van der Waals surface area contributed by atoms with E-state index in [1.54, 1.807) is 12.3 Å². The van der Waals surface area contributed by atoms with Gasteiger partial charge in [0, 0.05) is 12.2 Å². The molecule has 0 saturated heterocycles. The van der Waals surface area contributed by atoms with Gasteiger partial charge < -0.3 is 5.32 Å². The molecule has 1 aromatic heterocycles. The number of halogens is 1. The maximum atomic E-state index is 13.2. The number of unbranched alkanes of at least 4 members (excludes halogenated alkanes) is 4. The van der Waals surface area contributed by atoms with E-state index in [0.29, 0.717) is 0 Å². The van der Waals surface area contributed by atoms with Crippen molar-refractivity contribution >= 4 is 0 Å². The Hall–Kier alpha value is -0.960. The largest absolute Gasteiger partial charge is 0.310 e. The van der Waals surface area contributed by atoms with Crippen molar-refractivity contribution in [3.05, 3.63) is 29.8 Å². The summed E-state index contributed by atoms with van der Waals surface area (Å²) in [6, 6.07) is 1.83. The van der Waals surface area contributed by atoms with Crippen LogP contribution in [0.4, 0.5) is 4.39 Å². The van der Waals surface area contributed by atoms with E-state index in [1.807, 2.05) is 0 Å². The first-order valence-corrected chi connectivity index (χ1v) is 7.11. The fourth-order valence-electron chi connectivity index (χ4n) is 2.20. The molecule has 0 aromatic carbocycles. The second-order valence-electron chi connectivity index (χ2n) is 4.75. The van der Waals surface area contributed by atoms with Crippen LogP contribution in [0.25, 0.3) is 0 Å². The first kappa shape index (κ1) is 15.1. The number of nitrogens with zero attached hydrogens (tertiary/aromatic N) is 1. The van der Waals surface area contributed by atoms with Gasteiger partial charge in [0.15, 0.2) is 0 Å². The van der Waals surface area contributed by atoms with Gasteiger partial charge in [-0.1, -0.05) is 46.0 Å². The number of nitrogens with one attached hydrogen (secondary N) is 1. The molecule has 1 N–H and O–H groups in total. The van der Waals surface area contributed by atoms with Gasteiger partial charge in [-0.3, -0.25) is 4.98 Å². The monoisotopic (exact) mass is 252 g/mol. The van der Waals surface area contributed by atoms with E-state index in [-0.39, 0.29) is 11.9 Å². The molecule has 0 bridgehead atoms. The van der Waals surface area contributed by atoms with E-state index < -0.39 is 0 Å². The Morgan fingerprint density at radius 2 is 1.94 bits per heavy atom. The first-order chi connectivity index (χ1) is 8.77. The SMILES string of the molecule is CCCCCCCC(NCC)c1cncc(F)c1. The zero-order valence-corrected chi connectivity index (χ0v) is 11.6. The Bertz CT molecular complexity index is 328. The van der Waals surface area contributed by atoms with Gasteiger partial charge in [0.2, 0.25) is 0 Å². The van der Waals surface area contributed by atoms with Crippen molar-refractivity contribution in [3.8, 4) is 0 Å². The minimum absolute atomic E-state index is 0.236. The molecule has 102 valence electrons. The van der Waals surface area contributed by atoms with Crippen LogP contribution in [0.15, 0.2) is 18.5 Å². The highest BCUT2D eigenvalue weighted by molar-refractivity contribution is 5.14. The van der Waals surface area contributed by atoms with Crippen LogP contribution in [0, 0.1) is 5.82 Å². The van der Waals surface area contributed by atoms with Crippen LogP contribution in [-0.4, -0.2) is 11.5 Å². The van der Waals surface area contributed by atoms with Gasteiger partial charge in [-0.2, -0.15) is 0 Å². The number of pyridine rings is 1. The minimum Gasteiger partial charge on any atom is -0.310 e. The molecule has 0 aliphatic carbocycles. The van der Waals surface area contributed by atoms with Gasteiger partial charge >= 0.3 is 0 Å². The zero-order valence-electron chi connectivity index (χ0n) is 11.6. The molecule has 1 rings (SSSR count). The topological polar surface area (TPSA) is 24.9 Å². The number of aromatic nitrogens is 1. The Morgan fingerprint density at radius 3 is 2.61 bits per heavy atom. The Balaban J connectivity index is 2.44. The normalized spacial score (nSPS) is 12.6. The van der Waals surface area contributed by atoms with Crippen molar-refractivity contribution in [2.75, 3.05) is 6.54 Å². The van der Waals surface area contributed by atoms with Gasteiger partial charge in [-0.05, 0) is 24.6 Å². The molecule has 1 heterocycles. The van der Waals surface area contributed by atoms with Crippen LogP contribution in [0.1, 0.15) is 64.0 Å². The van der Waals surface area contributed by atoms with E-state index in [1.165, 1.54) is 38.3 Å². The van der Waals surface area contributed by atoms with Gasteiger partial charge in [-0.25, -0.2) is 4.39 Å². The number of hydrogen-bond donors (Lipinski definition) is 1. The van der Waals surface area contributed by atoms with Crippen molar-refractivity contribution in [3.63, 3.8) is 0 Å². The average Bonchev–Trinajstić information content (AvgIpc) is 2.37. The molecule has 0 spiro atoms. The Kier molecular flexibility index (Phi) is 7.58. The third kappa shape index (κ3) is 5.58. The molecule has 1 aromatic rings. The summed E-state index contributed by atoms with van der Waals surface area (Å²) >= 11 is 0. The van der Waals surface area contributed by atoms with Gasteiger partial charge in [0.1, 0.15) is 5.82 Å². The number of hydrogen-bond acceptors (Lipinski definition) is 2. The third-order valence-corrected chi connectivity index (χ3v) is 3.18. The predicted octanol–water partition coefficient (Wildman–Crippen LogP) is 4.23. The fourth-order valence-corrected chi connectivity index (χ4v) is 2.20. The summed E-state index contributed by atoms with van der Waals surface area (Å²) in [5.74, 6) is -0.249. The van der Waals surface area contributed by atoms with Crippen LogP contribution >= 0.6 is 0 Å². The summed E-state index contributed by atoms with van der Waals surface area (Å²) in [4.78, 5) is 3.93. The molecule has 0 fully saturated rings. The highest BCUT2D eigenvalue weighted by Crippen LogP contribution is 2.20. The molecule has 1 unspecified atom stereocenters. The summed E-state index contributed by atoms with van der Waals surface area (Å²) < 4.78 is 13.2. The Morgan fingerprint density at radius 1 is 1.17 bits per heavy atom. The van der Waals surface area contributed by atoms with E-state index in [0.717, 1.165) is 18.5 Å². The molecule has 18 heavy (non-hydrogen) atoms. The lowest BCUT2D eigenvalue weighted by atomic mass is 10.0. The van der Waals surface area contributed by atoms with E-state index in [4.69, 9.17) is 0 Å². The van der Waals surface area contributed by atoms with Crippen LogP contribution in [0.2, 0.25) is 0 Å². The highest BCUT2D eigenvalue weighted by Gasteiger charge is 2.10. The summed E-state index contributed by atoms with van der Waals surface area (Å²) in [6.45, 7) is 5.20. The lowest BCUT2D eigenvalue weighted by molar-refractivity contribution is 0.474. The molecule has 0 amide bonds. The lowest BCUT2D eigenvalue weighted by Gasteiger charge is -2.18. The fraction of sp³-hybridized carbons (Fsp3) is 0.667. The predicted molar refractivity (Wildman–Crippen MR) is 74.0 cm³/mol. The summed E-state index contributed by atoms with van der Waals surface area (Å²) in [5.41, 5.74) is 0.965. The standard InChI is InChI=1S/C15H25FN2/c1-3-5-6-7-8-9-15(18-4-2)13-10-14(16)12-17-11-13/h10-12,15,18H,3-9H2,1-2H3. The maximum absolute atomic E-state index is 13.2. The van der Waals surface area contributed by atoms with Crippen molar-refractivity contribution in [1.82, 2.24) is 10.3 Å². The van der Waals surface area contributed by atoms with Crippen LogP contribution in [-0.2, 0) is 0 Å².